The highest BCUT2D eigenvalue weighted by Crippen LogP contribution is 2.51. The van der Waals surface area contributed by atoms with Crippen LogP contribution in [0.1, 0.15) is 31.9 Å². The number of amides is 2. The topological polar surface area (TPSA) is 141 Å². The number of aliphatic carboxylic acids is 1. The summed E-state index contributed by atoms with van der Waals surface area (Å²) in [6.45, 7) is 3.72. The number of carboxylic acid groups (broad SMARTS) is 1. The molecule has 36 heavy (non-hydrogen) atoms. The standard InChI is InChI=1S/C21H25F3N6O5S/c1-8-14-13(9(2)31)18(33)30(14)15(19(34)35)16(8)36-10-5-11(25-6-10)17(32)28-3-4-29-12(7-28)26-27-20(29)21(22,23)24/h8-11,13-14,25,31H,3-7H2,1-2H3,(H,34,35)/t8-,9-,10+,11+,13-,14-/m1/s1. The van der Waals surface area contributed by atoms with Gasteiger partial charge in [0.15, 0.2) is 5.82 Å². The summed E-state index contributed by atoms with van der Waals surface area (Å²) < 4.78 is 40.2. The van der Waals surface area contributed by atoms with Crippen molar-refractivity contribution in [1.82, 2.24) is 29.9 Å². The quantitative estimate of drug-likeness (QED) is 0.457. The van der Waals surface area contributed by atoms with Crippen molar-refractivity contribution in [2.75, 3.05) is 13.1 Å². The fourth-order valence-electron chi connectivity index (χ4n) is 5.62. The third-order valence-corrected chi connectivity index (χ3v) is 8.82. The molecule has 0 saturated carbocycles. The molecule has 0 spiro atoms. The summed E-state index contributed by atoms with van der Waals surface area (Å²) >= 11 is 1.32. The van der Waals surface area contributed by atoms with Crippen LogP contribution in [0.15, 0.2) is 10.6 Å². The van der Waals surface area contributed by atoms with Crippen molar-refractivity contribution in [2.45, 2.75) is 63.0 Å². The number of alkyl halides is 3. The first-order valence-electron chi connectivity index (χ1n) is 11.6. The summed E-state index contributed by atoms with van der Waals surface area (Å²) in [6.07, 6.45) is -5.12. The number of hydrogen-bond donors (Lipinski definition) is 3. The number of aliphatic hydroxyl groups is 1. The molecule has 6 atom stereocenters. The van der Waals surface area contributed by atoms with Crippen molar-refractivity contribution in [3.8, 4) is 0 Å². The first-order valence-corrected chi connectivity index (χ1v) is 12.4. The minimum absolute atomic E-state index is 0.0596. The third kappa shape index (κ3) is 3.87. The van der Waals surface area contributed by atoms with Gasteiger partial charge in [-0.25, -0.2) is 4.79 Å². The van der Waals surface area contributed by atoms with Gasteiger partial charge in [0.05, 0.1) is 30.7 Å². The summed E-state index contributed by atoms with van der Waals surface area (Å²) in [5.74, 6) is -3.80. The van der Waals surface area contributed by atoms with Gasteiger partial charge in [-0.3, -0.25) is 9.59 Å². The zero-order valence-electron chi connectivity index (χ0n) is 19.4. The highest BCUT2D eigenvalue weighted by molar-refractivity contribution is 8.03. The van der Waals surface area contributed by atoms with Gasteiger partial charge < -0.3 is 29.9 Å². The molecule has 11 nitrogen and oxygen atoms in total. The Morgan fingerprint density at radius 2 is 1.97 bits per heavy atom. The first kappa shape index (κ1) is 25.0. The van der Waals surface area contributed by atoms with Crippen LogP contribution >= 0.6 is 11.8 Å². The van der Waals surface area contributed by atoms with Crippen LogP contribution in [0.4, 0.5) is 13.2 Å². The highest BCUT2D eigenvalue weighted by atomic mass is 32.2. The van der Waals surface area contributed by atoms with E-state index in [0.717, 1.165) is 4.57 Å². The lowest BCUT2D eigenvalue weighted by Gasteiger charge is -2.46. The van der Waals surface area contributed by atoms with Gasteiger partial charge in [-0.05, 0) is 13.3 Å². The van der Waals surface area contributed by atoms with Crippen LogP contribution in [0, 0.1) is 11.8 Å². The second-order valence-corrected chi connectivity index (χ2v) is 10.9. The highest BCUT2D eigenvalue weighted by Gasteiger charge is 2.60. The van der Waals surface area contributed by atoms with E-state index < -0.39 is 48.0 Å². The van der Waals surface area contributed by atoms with Crippen molar-refractivity contribution < 1.29 is 37.8 Å². The van der Waals surface area contributed by atoms with Gasteiger partial charge in [0.25, 0.3) is 0 Å². The maximum atomic E-state index is 13.1. The van der Waals surface area contributed by atoms with Crippen LogP contribution in [-0.4, -0.2) is 89.1 Å². The third-order valence-electron chi connectivity index (χ3n) is 7.31. The number of carbonyl (C=O) groups is 3. The number of thioether (sulfide) groups is 1. The Kier molecular flexibility index (Phi) is 6.07. The van der Waals surface area contributed by atoms with E-state index in [0.29, 0.717) is 17.9 Å². The normalized spacial score (nSPS) is 30.8. The van der Waals surface area contributed by atoms with Crippen LogP contribution < -0.4 is 5.32 Å². The number of halogens is 3. The molecule has 0 radical (unpaired) electrons. The van der Waals surface area contributed by atoms with Gasteiger partial charge in [0.1, 0.15) is 5.70 Å². The molecule has 3 N–H and O–H groups in total. The van der Waals surface area contributed by atoms with Gasteiger partial charge in [-0.2, -0.15) is 13.2 Å². The number of β-lactam (4-membered cyclic amide) rings is 1. The molecule has 5 rings (SSSR count). The Bertz CT molecular complexity index is 1150. The number of carbonyl (C=O) groups excluding carboxylic acids is 2. The first-order chi connectivity index (χ1) is 16.9. The van der Waals surface area contributed by atoms with Crippen LogP contribution in [0.25, 0.3) is 0 Å². The zero-order valence-corrected chi connectivity index (χ0v) is 20.2. The van der Waals surface area contributed by atoms with Crippen molar-refractivity contribution in [3.05, 3.63) is 22.3 Å². The van der Waals surface area contributed by atoms with E-state index in [2.05, 4.69) is 15.5 Å². The number of aliphatic hydroxyl groups excluding tert-OH is 1. The fraction of sp³-hybridized carbons (Fsp3) is 0.667. The number of carboxylic acids is 1. The SMILES string of the molecule is C[C@@H](O)[C@H]1C(=O)N2C(C(=O)O)=C(S[C@@H]3CN[C@H](C(=O)N4CCn5c(nnc5C(F)(F)F)C4)C3)[C@H](C)[C@H]12. The maximum absolute atomic E-state index is 13.1. The second kappa shape index (κ2) is 8.73. The van der Waals surface area contributed by atoms with Crippen molar-refractivity contribution in [1.29, 1.82) is 0 Å². The minimum Gasteiger partial charge on any atom is -0.477 e. The molecule has 0 unspecified atom stereocenters. The number of fused-ring (bicyclic) bond motifs is 2. The van der Waals surface area contributed by atoms with Gasteiger partial charge in [0, 0.05) is 35.7 Å². The number of nitrogens with zero attached hydrogens (tertiary/aromatic N) is 5. The molecule has 2 amide bonds. The number of aromatic nitrogens is 3. The number of hydrogen-bond acceptors (Lipinski definition) is 8. The number of nitrogens with one attached hydrogen (secondary N) is 1. The summed E-state index contributed by atoms with van der Waals surface area (Å²) in [7, 11) is 0. The molecule has 2 fully saturated rings. The molecule has 4 aliphatic heterocycles. The van der Waals surface area contributed by atoms with E-state index in [1.54, 1.807) is 0 Å². The largest absolute Gasteiger partial charge is 0.477 e. The van der Waals surface area contributed by atoms with Gasteiger partial charge in [-0.15, -0.1) is 22.0 Å². The van der Waals surface area contributed by atoms with E-state index in [1.807, 2.05) is 6.92 Å². The average Bonchev–Trinajstić information content (AvgIpc) is 3.49. The zero-order chi connectivity index (χ0) is 26.1. The van der Waals surface area contributed by atoms with Crippen molar-refractivity contribution >= 4 is 29.5 Å². The molecule has 2 saturated heterocycles. The maximum Gasteiger partial charge on any atom is 0.451 e. The second-order valence-electron chi connectivity index (χ2n) is 9.56. The predicted octanol–water partition coefficient (Wildman–Crippen LogP) is 0.256. The fourth-order valence-corrected chi connectivity index (χ4v) is 7.09. The van der Waals surface area contributed by atoms with E-state index in [-0.39, 0.29) is 48.2 Å². The Morgan fingerprint density at radius 3 is 2.61 bits per heavy atom. The van der Waals surface area contributed by atoms with Crippen molar-refractivity contribution in [3.63, 3.8) is 0 Å². The molecular formula is C21H25F3N6O5S. The molecule has 1 aromatic heterocycles. The monoisotopic (exact) mass is 530 g/mol. The molecule has 1 aromatic rings. The molecule has 0 aromatic carbocycles. The average molecular weight is 531 g/mol. The predicted molar refractivity (Wildman–Crippen MR) is 118 cm³/mol. The van der Waals surface area contributed by atoms with Crippen LogP contribution in [0.3, 0.4) is 0 Å². The Labute approximate surface area is 207 Å². The molecule has 15 heteroatoms. The summed E-state index contributed by atoms with van der Waals surface area (Å²) in [5.41, 5.74) is -0.0648. The number of rotatable bonds is 5. The van der Waals surface area contributed by atoms with Gasteiger partial charge >= 0.3 is 12.1 Å². The molecule has 196 valence electrons. The van der Waals surface area contributed by atoms with Crippen LogP contribution in [-0.2, 0) is 33.6 Å². The Morgan fingerprint density at radius 1 is 1.25 bits per heavy atom. The molecular weight excluding hydrogens is 505 g/mol. The van der Waals surface area contributed by atoms with E-state index in [1.165, 1.54) is 28.5 Å². The van der Waals surface area contributed by atoms with Gasteiger partial charge in [-0.1, -0.05) is 6.92 Å². The minimum atomic E-state index is -4.62. The molecule has 5 heterocycles. The smallest absolute Gasteiger partial charge is 0.451 e. The summed E-state index contributed by atoms with van der Waals surface area (Å²) in [6, 6.07) is -0.987. The lowest BCUT2D eigenvalue weighted by atomic mass is 9.79. The van der Waals surface area contributed by atoms with Crippen molar-refractivity contribution in [2.24, 2.45) is 11.8 Å². The van der Waals surface area contributed by atoms with E-state index in [4.69, 9.17) is 0 Å². The van der Waals surface area contributed by atoms with E-state index in [9.17, 15) is 37.8 Å². The van der Waals surface area contributed by atoms with E-state index >= 15 is 0 Å². The summed E-state index contributed by atoms with van der Waals surface area (Å²) in [5, 5.41) is 29.6. The Hall–Kier alpha value is -2.65. The van der Waals surface area contributed by atoms with Crippen LogP contribution in [0.5, 0.6) is 0 Å². The molecule has 4 aliphatic rings. The summed E-state index contributed by atoms with van der Waals surface area (Å²) in [4.78, 5) is 40.9. The molecule has 0 aliphatic carbocycles. The van der Waals surface area contributed by atoms with Crippen LogP contribution in [0.2, 0.25) is 0 Å². The lowest BCUT2D eigenvalue weighted by Crippen LogP contribution is -2.63. The lowest BCUT2D eigenvalue weighted by molar-refractivity contribution is -0.163. The van der Waals surface area contributed by atoms with Gasteiger partial charge in [0.2, 0.25) is 17.6 Å². The molecule has 0 bridgehead atoms. The Balaban J connectivity index is 1.25.